The Morgan fingerprint density at radius 2 is 2.07 bits per heavy atom. The van der Waals surface area contributed by atoms with Gasteiger partial charge in [-0.25, -0.2) is 0 Å². The van der Waals surface area contributed by atoms with E-state index in [1.165, 1.54) is 0 Å². The zero-order chi connectivity index (χ0) is 10.8. The van der Waals surface area contributed by atoms with Gasteiger partial charge in [-0.15, -0.1) is 11.3 Å². The lowest BCUT2D eigenvalue weighted by atomic mass is 10.1. The van der Waals surface area contributed by atoms with E-state index in [0.717, 1.165) is 10.4 Å². The molecule has 1 aromatic carbocycles. The highest BCUT2D eigenvalue weighted by atomic mass is 32.1. The van der Waals surface area contributed by atoms with Crippen LogP contribution in [0.1, 0.15) is 10.4 Å². The van der Waals surface area contributed by atoms with Crippen molar-refractivity contribution >= 4 is 22.9 Å². The molecule has 0 spiro atoms. The van der Waals surface area contributed by atoms with Crippen molar-refractivity contribution in [1.82, 2.24) is 0 Å². The van der Waals surface area contributed by atoms with Crippen LogP contribution < -0.4 is 11.5 Å². The van der Waals surface area contributed by atoms with E-state index < -0.39 is 5.91 Å². The smallest absolute Gasteiger partial charge is 0.250 e. The van der Waals surface area contributed by atoms with E-state index in [4.69, 9.17) is 11.5 Å². The van der Waals surface area contributed by atoms with Crippen LogP contribution in [0.3, 0.4) is 0 Å². The molecule has 0 bridgehead atoms. The number of thiophene rings is 1. The molecule has 4 N–H and O–H groups in total. The molecule has 2 rings (SSSR count). The molecule has 3 nitrogen and oxygen atoms in total. The Morgan fingerprint density at radius 1 is 1.27 bits per heavy atom. The number of hydrogen-bond donors (Lipinski definition) is 2. The highest BCUT2D eigenvalue weighted by molar-refractivity contribution is 7.13. The van der Waals surface area contributed by atoms with Crippen molar-refractivity contribution in [3.63, 3.8) is 0 Å². The number of nitrogens with two attached hydrogens (primary N) is 2. The van der Waals surface area contributed by atoms with Gasteiger partial charge in [0.1, 0.15) is 0 Å². The number of benzene rings is 1. The van der Waals surface area contributed by atoms with Crippen molar-refractivity contribution in [3.8, 4) is 10.4 Å². The SMILES string of the molecule is NC(=O)c1ccc(-c2cccs2)cc1N. The molecule has 0 saturated carbocycles. The Balaban J connectivity index is 2.47. The number of primary amides is 1. The number of carbonyl (C=O) groups is 1. The van der Waals surface area contributed by atoms with Gasteiger partial charge in [-0.1, -0.05) is 12.1 Å². The quantitative estimate of drug-likeness (QED) is 0.758. The summed E-state index contributed by atoms with van der Waals surface area (Å²) in [6.07, 6.45) is 0. The molecule has 15 heavy (non-hydrogen) atoms. The fourth-order valence-electron chi connectivity index (χ4n) is 1.38. The lowest BCUT2D eigenvalue weighted by molar-refractivity contribution is 0.100. The van der Waals surface area contributed by atoms with Gasteiger partial charge in [0.15, 0.2) is 0 Å². The van der Waals surface area contributed by atoms with Crippen molar-refractivity contribution in [1.29, 1.82) is 0 Å². The lowest BCUT2D eigenvalue weighted by Crippen LogP contribution is -2.13. The summed E-state index contributed by atoms with van der Waals surface area (Å²) in [6.45, 7) is 0. The molecule has 0 aliphatic carbocycles. The third-order valence-corrected chi connectivity index (χ3v) is 3.04. The molecular formula is C11H10N2OS. The van der Waals surface area contributed by atoms with Crippen LogP contribution in [-0.4, -0.2) is 5.91 Å². The summed E-state index contributed by atoms with van der Waals surface area (Å²) in [6, 6.07) is 9.25. The number of rotatable bonds is 2. The molecule has 0 aliphatic heterocycles. The van der Waals surface area contributed by atoms with Gasteiger partial charge in [0.2, 0.25) is 0 Å². The average molecular weight is 218 g/mol. The maximum Gasteiger partial charge on any atom is 0.250 e. The monoisotopic (exact) mass is 218 g/mol. The fraction of sp³-hybridized carbons (Fsp3) is 0. The Hall–Kier alpha value is -1.81. The van der Waals surface area contributed by atoms with Gasteiger partial charge in [-0.3, -0.25) is 4.79 Å². The van der Waals surface area contributed by atoms with E-state index in [2.05, 4.69) is 0 Å². The van der Waals surface area contributed by atoms with Gasteiger partial charge in [-0.05, 0) is 29.1 Å². The Labute approximate surface area is 91.3 Å². The van der Waals surface area contributed by atoms with Crippen LogP contribution in [0.5, 0.6) is 0 Å². The molecule has 0 unspecified atom stereocenters. The molecule has 0 fully saturated rings. The predicted octanol–water partition coefficient (Wildman–Crippen LogP) is 2.10. The van der Waals surface area contributed by atoms with E-state index in [9.17, 15) is 4.79 Å². The van der Waals surface area contributed by atoms with E-state index >= 15 is 0 Å². The third-order valence-electron chi connectivity index (χ3n) is 2.12. The molecule has 1 heterocycles. The molecule has 0 radical (unpaired) electrons. The van der Waals surface area contributed by atoms with Crippen molar-refractivity contribution < 1.29 is 4.79 Å². The van der Waals surface area contributed by atoms with Gasteiger partial charge in [0, 0.05) is 10.6 Å². The summed E-state index contributed by atoms with van der Waals surface area (Å²) in [5.74, 6) is -0.495. The average Bonchev–Trinajstić information content (AvgIpc) is 2.69. The summed E-state index contributed by atoms with van der Waals surface area (Å²) in [4.78, 5) is 12.1. The largest absolute Gasteiger partial charge is 0.398 e. The number of hydrogen-bond acceptors (Lipinski definition) is 3. The summed E-state index contributed by atoms with van der Waals surface area (Å²) >= 11 is 1.63. The second-order valence-electron chi connectivity index (χ2n) is 3.14. The Morgan fingerprint density at radius 3 is 2.60 bits per heavy atom. The highest BCUT2D eigenvalue weighted by Crippen LogP contribution is 2.27. The van der Waals surface area contributed by atoms with Crippen LogP contribution in [0.15, 0.2) is 35.7 Å². The molecule has 1 aromatic heterocycles. The normalized spacial score (nSPS) is 10.1. The Bertz CT molecular complexity index is 491. The zero-order valence-corrected chi connectivity index (χ0v) is 8.75. The van der Waals surface area contributed by atoms with Gasteiger partial charge < -0.3 is 11.5 Å². The van der Waals surface area contributed by atoms with Crippen LogP contribution >= 0.6 is 11.3 Å². The van der Waals surface area contributed by atoms with Gasteiger partial charge in [0.05, 0.1) is 5.56 Å². The third kappa shape index (κ3) is 1.85. The second-order valence-corrected chi connectivity index (χ2v) is 4.09. The minimum Gasteiger partial charge on any atom is -0.398 e. The molecule has 2 aromatic rings. The van der Waals surface area contributed by atoms with E-state index in [0.29, 0.717) is 11.3 Å². The van der Waals surface area contributed by atoms with Gasteiger partial charge >= 0.3 is 0 Å². The van der Waals surface area contributed by atoms with Gasteiger partial charge in [0.25, 0.3) is 5.91 Å². The van der Waals surface area contributed by atoms with Gasteiger partial charge in [-0.2, -0.15) is 0 Å². The van der Waals surface area contributed by atoms with Crippen molar-refractivity contribution in [2.45, 2.75) is 0 Å². The highest BCUT2D eigenvalue weighted by Gasteiger charge is 2.07. The van der Waals surface area contributed by atoms with Crippen LogP contribution in [0.25, 0.3) is 10.4 Å². The minimum absolute atomic E-state index is 0.371. The van der Waals surface area contributed by atoms with Crippen LogP contribution in [0, 0.1) is 0 Å². The van der Waals surface area contributed by atoms with Crippen molar-refractivity contribution in [3.05, 3.63) is 41.3 Å². The summed E-state index contributed by atoms with van der Waals surface area (Å²) in [5, 5.41) is 1.99. The predicted molar refractivity (Wildman–Crippen MR) is 62.7 cm³/mol. The molecule has 76 valence electrons. The first kappa shape index (κ1) is 9.73. The Kier molecular flexibility index (Phi) is 2.43. The first-order valence-electron chi connectivity index (χ1n) is 4.41. The second kappa shape index (κ2) is 3.74. The van der Waals surface area contributed by atoms with Crippen molar-refractivity contribution in [2.24, 2.45) is 5.73 Å². The molecule has 0 atom stereocenters. The van der Waals surface area contributed by atoms with Crippen LogP contribution in [0.4, 0.5) is 5.69 Å². The first-order chi connectivity index (χ1) is 7.18. The maximum atomic E-state index is 11.0. The summed E-state index contributed by atoms with van der Waals surface area (Å²) in [7, 11) is 0. The summed E-state index contributed by atoms with van der Waals surface area (Å²) in [5.41, 5.74) is 12.7. The molecule has 0 saturated heterocycles. The van der Waals surface area contributed by atoms with Crippen LogP contribution in [-0.2, 0) is 0 Å². The first-order valence-corrected chi connectivity index (χ1v) is 5.29. The molecule has 4 heteroatoms. The fourth-order valence-corrected chi connectivity index (χ4v) is 2.11. The van der Waals surface area contributed by atoms with E-state index in [1.807, 2.05) is 23.6 Å². The number of nitrogen functional groups attached to an aromatic ring is 1. The zero-order valence-electron chi connectivity index (χ0n) is 7.94. The molecule has 1 amide bonds. The molecular weight excluding hydrogens is 208 g/mol. The summed E-state index contributed by atoms with van der Waals surface area (Å²) < 4.78 is 0. The van der Waals surface area contributed by atoms with E-state index in [-0.39, 0.29) is 0 Å². The number of carbonyl (C=O) groups excluding carboxylic acids is 1. The van der Waals surface area contributed by atoms with E-state index in [1.54, 1.807) is 23.5 Å². The minimum atomic E-state index is -0.495. The van der Waals surface area contributed by atoms with Crippen molar-refractivity contribution in [2.75, 3.05) is 5.73 Å². The maximum absolute atomic E-state index is 11.0. The number of anilines is 1. The number of amides is 1. The molecule has 0 aliphatic rings. The lowest BCUT2D eigenvalue weighted by Gasteiger charge is -2.03. The topological polar surface area (TPSA) is 69.1 Å². The van der Waals surface area contributed by atoms with Crippen LogP contribution in [0.2, 0.25) is 0 Å². The standard InChI is InChI=1S/C11H10N2OS/c12-9-6-7(10-2-1-5-15-10)3-4-8(9)11(13)14/h1-6H,12H2,(H2,13,14).